The van der Waals surface area contributed by atoms with E-state index in [0.717, 1.165) is 59.0 Å². The maximum atomic E-state index is 11.6. The number of ether oxygens (including phenoxy) is 2. The van der Waals surface area contributed by atoms with E-state index in [0.29, 0.717) is 13.0 Å². The van der Waals surface area contributed by atoms with Gasteiger partial charge in [-0.2, -0.15) is 13.5 Å². The van der Waals surface area contributed by atoms with Crippen LogP contribution in [0.2, 0.25) is 18.1 Å². The molecule has 0 aliphatic carbocycles. The zero-order valence-corrected chi connectivity index (χ0v) is 26.7. The number of rotatable bonds is 10. The van der Waals surface area contributed by atoms with E-state index in [2.05, 4.69) is 51.0 Å². The number of aromatic nitrogens is 3. The molecule has 0 unspecified atom stereocenters. The largest absolute Gasteiger partial charge is 0.543 e. The molecule has 1 aromatic carbocycles. The van der Waals surface area contributed by atoms with Gasteiger partial charge in [-0.15, -0.1) is 0 Å². The Morgan fingerprint density at radius 2 is 1.93 bits per heavy atom. The van der Waals surface area contributed by atoms with Gasteiger partial charge in [-0.25, -0.2) is 8.86 Å². The Kier molecular flexibility index (Phi) is 9.11. The molecule has 4 rings (SSSR count). The Hall–Kier alpha value is -2.31. The van der Waals surface area contributed by atoms with Crippen molar-refractivity contribution in [2.45, 2.75) is 97.1 Å². The molecular weight excluding hydrogens is 546 g/mol. The molecule has 0 saturated carbocycles. The van der Waals surface area contributed by atoms with Crippen LogP contribution in [0.25, 0.3) is 22.2 Å². The van der Waals surface area contributed by atoms with Crippen LogP contribution in [0.3, 0.4) is 0 Å². The van der Waals surface area contributed by atoms with E-state index in [1.807, 2.05) is 30.7 Å². The van der Waals surface area contributed by atoms with Gasteiger partial charge in [0.05, 0.1) is 17.9 Å². The molecule has 11 heteroatoms. The van der Waals surface area contributed by atoms with E-state index in [1.54, 1.807) is 12.4 Å². The van der Waals surface area contributed by atoms with Crippen LogP contribution in [0.1, 0.15) is 78.2 Å². The Bertz CT molecular complexity index is 1430. The molecule has 3 aromatic rings. The quantitative estimate of drug-likeness (QED) is 0.142. The zero-order valence-electron chi connectivity index (χ0n) is 24.9. The average Bonchev–Trinajstić information content (AvgIpc) is 3.26. The monoisotopic (exact) mass is 589 g/mol. The first-order chi connectivity index (χ1) is 18.7. The van der Waals surface area contributed by atoms with Gasteiger partial charge in [-0.1, -0.05) is 27.7 Å². The molecule has 0 N–H and O–H groups in total. The van der Waals surface area contributed by atoms with Crippen LogP contribution < -0.4 is 4.43 Å². The predicted octanol–water partition coefficient (Wildman–Crippen LogP) is 6.97. The van der Waals surface area contributed by atoms with Gasteiger partial charge in [-0.3, -0.25) is 4.98 Å². The maximum Gasteiger partial charge on any atom is 0.266 e. The second kappa shape index (κ2) is 11.9. The van der Waals surface area contributed by atoms with Crippen molar-refractivity contribution in [3.8, 4) is 17.0 Å². The zero-order chi connectivity index (χ0) is 29.3. The highest BCUT2D eigenvalue weighted by atomic mass is 32.2. The van der Waals surface area contributed by atoms with Gasteiger partial charge in [0.15, 0.2) is 12.5 Å². The summed E-state index contributed by atoms with van der Waals surface area (Å²) in [5.41, 5.74) is 3.38. The van der Waals surface area contributed by atoms with Crippen LogP contribution in [0.5, 0.6) is 5.75 Å². The van der Waals surface area contributed by atoms with Crippen LogP contribution in [-0.2, 0) is 23.8 Å². The molecule has 3 atom stereocenters. The molecule has 0 amide bonds. The summed E-state index contributed by atoms with van der Waals surface area (Å²) in [5.74, 6) is 0.828. The van der Waals surface area contributed by atoms with Crippen LogP contribution in [-0.4, -0.2) is 50.7 Å². The molecule has 1 saturated heterocycles. The highest BCUT2D eigenvalue weighted by Gasteiger charge is 2.39. The fourth-order valence-corrected chi connectivity index (χ4v) is 6.07. The maximum absolute atomic E-state index is 11.6. The van der Waals surface area contributed by atoms with Crippen molar-refractivity contribution in [2.75, 3.05) is 12.9 Å². The third-order valence-corrected chi connectivity index (χ3v) is 12.7. The topological polar surface area (TPSA) is 102 Å². The Morgan fingerprint density at radius 3 is 2.55 bits per heavy atom. The van der Waals surface area contributed by atoms with Crippen molar-refractivity contribution in [3.05, 3.63) is 42.2 Å². The third-order valence-electron chi connectivity index (χ3n) is 7.76. The normalized spacial score (nSPS) is 18.6. The van der Waals surface area contributed by atoms with Gasteiger partial charge in [0.2, 0.25) is 8.32 Å². The summed E-state index contributed by atoms with van der Waals surface area (Å²) < 4.78 is 49.1. The van der Waals surface area contributed by atoms with Crippen LogP contribution >= 0.6 is 0 Å². The lowest BCUT2D eigenvalue weighted by molar-refractivity contribution is -0.113. The lowest BCUT2D eigenvalue weighted by atomic mass is 10.1. The van der Waals surface area contributed by atoms with Gasteiger partial charge in [-0.05, 0) is 80.6 Å². The van der Waals surface area contributed by atoms with Crippen molar-refractivity contribution in [1.82, 2.24) is 14.8 Å². The number of hydrogen-bond donors (Lipinski definition) is 0. The highest BCUT2D eigenvalue weighted by Crippen LogP contribution is 2.40. The number of hydrogen-bond acceptors (Lipinski definition) is 8. The Balaban J connectivity index is 1.74. The minimum absolute atomic E-state index is 0.0659. The first-order valence-electron chi connectivity index (χ1n) is 14.0. The van der Waals surface area contributed by atoms with Gasteiger partial charge in [0.1, 0.15) is 11.4 Å². The first-order valence-corrected chi connectivity index (χ1v) is 18.7. The van der Waals surface area contributed by atoms with Crippen LogP contribution in [0, 0.1) is 0 Å². The molecule has 1 aliphatic heterocycles. The predicted molar refractivity (Wildman–Crippen MR) is 159 cm³/mol. The van der Waals surface area contributed by atoms with E-state index in [-0.39, 0.29) is 11.3 Å². The van der Waals surface area contributed by atoms with Crippen molar-refractivity contribution in [3.63, 3.8) is 0 Å². The van der Waals surface area contributed by atoms with Crippen LogP contribution in [0.15, 0.2) is 36.7 Å². The minimum Gasteiger partial charge on any atom is -0.543 e. The summed E-state index contributed by atoms with van der Waals surface area (Å²) in [5, 5.41) is 6.09. The van der Waals surface area contributed by atoms with E-state index < -0.39 is 30.8 Å². The summed E-state index contributed by atoms with van der Waals surface area (Å²) in [4.78, 5) is 4.49. The standard InChI is InChI=1S/C29H43N3O6SSi/c1-9-27(37-39(6,33)34)36-20(2)21-16-22(19-30-18-21)28-24-17-23(38-40(7,8)29(3,4)5)13-14-25(24)32(31-28)26-12-10-11-15-35-26/h13-14,16-20,26-27H,9-12,15H2,1-8H3/t20-,26-,27+/m0/s1. The lowest BCUT2D eigenvalue weighted by Gasteiger charge is -2.36. The SMILES string of the molecule is CC[C@H](O[C@@H](C)c1cncc(-c2nn([C@@H]3CCCCO3)c3ccc(O[Si](C)(C)C(C)(C)C)cc23)c1)OS(C)(=O)=O. The summed E-state index contributed by atoms with van der Waals surface area (Å²) in [7, 11) is -5.70. The summed E-state index contributed by atoms with van der Waals surface area (Å²) in [6.07, 6.45) is 6.50. The average molecular weight is 590 g/mol. The van der Waals surface area contributed by atoms with Gasteiger partial charge in [0.25, 0.3) is 10.1 Å². The summed E-state index contributed by atoms with van der Waals surface area (Å²) in [6.45, 7) is 15.5. The number of nitrogens with zero attached hydrogens (tertiary/aromatic N) is 3. The van der Waals surface area contributed by atoms with Crippen molar-refractivity contribution >= 4 is 29.3 Å². The molecule has 0 spiro atoms. The highest BCUT2D eigenvalue weighted by molar-refractivity contribution is 7.86. The molecule has 2 aromatic heterocycles. The molecule has 3 heterocycles. The molecule has 220 valence electrons. The van der Waals surface area contributed by atoms with Crippen molar-refractivity contribution in [1.29, 1.82) is 0 Å². The van der Waals surface area contributed by atoms with Crippen molar-refractivity contribution < 1.29 is 26.5 Å². The second-order valence-corrected chi connectivity index (χ2v) is 18.4. The fraction of sp³-hybridized carbons (Fsp3) is 0.586. The number of fused-ring (bicyclic) bond motifs is 1. The van der Waals surface area contributed by atoms with Gasteiger partial charge < -0.3 is 13.9 Å². The molecule has 1 fully saturated rings. The fourth-order valence-electron chi connectivity index (χ4n) is 4.48. The second-order valence-electron chi connectivity index (χ2n) is 12.1. The number of pyridine rings is 1. The van der Waals surface area contributed by atoms with E-state index in [9.17, 15) is 8.42 Å². The Morgan fingerprint density at radius 1 is 1.18 bits per heavy atom. The summed E-state index contributed by atoms with van der Waals surface area (Å²) >= 11 is 0. The molecule has 0 bridgehead atoms. The molecule has 9 nitrogen and oxygen atoms in total. The van der Waals surface area contributed by atoms with Crippen molar-refractivity contribution in [2.24, 2.45) is 0 Å². The molecule has 1 aliphatic rings. The van der Waals surface area contributed by atoms with Crippen LogP contribution in [0.4, 0.5) is 0 Å². The van der Waals surface area contributed by atoms with Gasteiger partial charge in [0, 0.05) is 30.0 Å². The van der Waals surface area contributed by atoms with E-state index in [4.69, 9.17) is 23.2 Å². The first kappa shape index (κ1) is 30.6. The summed E-state index contributed by atoms with van der Waals surface area (Å²) in [6, 6.07) is 8.17. The molecule has 40 heavy (non-hydrogen) atoms. The van der Waals surface area contributed by atoms with Gasteiger partial charge >= 0.3 is 0 Å². The third kappa shape index (κ3) is 7.11. The molecular formula is C29H43N3O6SSi. The smallest absolute Gasteiger partial charge is 0.266 e. The molecule has 0 radical (unpaired) electrons. The number of benzene rings is 1. The minimum atomic E-state index is -3.65. The lowest BCUT2D eigenvalue weighted by Crippen LogP contribution is -2.43. The van der Waals surface area contributed by atoms with E-state index >= 15 is 0 Å². The Labute approximate surface area is 239 Å². The van der Waals surface area contributed by atoms with E-state index in [1.165, 1.54) is 0 Å².